The first-order valence-corrected chi connectivity index (χ1v) is 5.97. The van der Waals surface area contributed by atoms with Crippen LogP contribution >= 0.6 is 0 Å². The molecule has 90 valence electrons. The molecule has 1 atom stereocenters. The highest BCUT2D eigenvalue weighted by Gasteiger charge is 2.14. The van der Waals surface area contributed by atoms with Crippen LogP contribution in [0.1, 0.15) is 43.0 Å². The summed E-state index contributed by atoms with van der Waals surface area (Å²) in [6, 6.07) is 8.99. The molecule has 0 heterocycles. The lowest BCUT2D eigenvalue weighted by Gasteiger charge is -2.15. The molecular formula is C15H18O2. The first kappa shape index (κ1) is 13.3. The zero-order chi connectivity index (χ0) is 12.5. The van der Waals surface area contributed by atoms with Crippen molar-refractivity contribution in [3.8, 4) is 12.3 Å². The van der Waals surface area contributed by atoms with Crippen molar-refractivity contribution in [2.75, 3.05) is 0 Å². The Morgan fingerprint density at radius 2 is 2.12 bits per heavy atom. The van der Waals surface area contributed by atoms with Crippen LogP contribution in [0.5, 0.6) is 0 Å². The lowest BCUT2D eigenvalue weighted by Crippen LogP contribution is -2.17. The number of terminal acetylenes is 1. The van der Waals surface area contributed by atoms with E-state index in [1.165, 1.54) is 0 Å². The van der Waals surface area contributed by atoms with Gasteiger partial charge >= 0.3 is 5.97 Å². The first-order chi connectivity index (χ1) is 8.27. The SMILES string of the molecule is C#CCC(CCCC)OC(=O)c1ccccc1. The van der Waals surface area contributed by atoms with E-state index < -0.39 is 0 Å². The van der Waals surface area contributed by atoms with Crippen LogP contribution in [-0.4, -0.2) is 12.1 Å². The number of unbranched alkanes of at least 4 members (excludes halogenated alkanes) is 1. The maximum Gasteiger partial charge on any atom is 0.338 e. The molecule has 1 aromatic carbocycles. The Kier molecular flexibility index (Phi) is 5.88. The van der Waals surface area contributed by atoms with Crippen LogP contribution in [0, 0.1) is 12.3 Å². The number of ether oxygens (including phenoxy) is 1. The van der Waals surface area contributed by atoms with Gasteiger partial charge in [0.1, 0.15) is 6.10 Å². The molecule has 0 aliphatic carbocycles. The number of rotatable bonds is 6. The van der Waals surface area contributed by atoms with Crippen LogP contribution in [0.2, 0.25) is 0 Å². The molecule has 2 nitrogen and oxygen atoms in total. The molecule has 0 fully saturated rings. The molecule has 0 aliphatic heterocycles. The van der Waals surface area contributed by atoms with E-state index in [1.54, 1.807) is 12.1 Å². The van der Waals surface area contributed by atoms with Gasteiger partial charge in [0.2, 0.25) is 0 Å². The standard InChI is InChI=1S/C15H18O2/c1-3-5-12-14(9-4-2)17-15(16)13-10-7-6-8-11-13/h2,6-8,10-11,14H,3,5,9,12H2,1H3. The molecule has 0 N–H and O–H groups in total. The van der Waals surface area contributed by atoms with Crippen molar-refractivity contribution in [2.24, 2.45) is 0 Å². The summed E-state index contributed by atoms with van der Waals surface area (Å²) < 4.78 is 5.40. The molecule has 1 aromatic rings. The molecular weight excluding hydrogens is 212 g/mol. The predicted octanol–water partition coefficient (Wildman–Crippen LogP) is 3.43. The van der Waals surface area contributed by atoms with Gasteiger partial charge in [0.25, 0.3) is 0 Å². The average molecular weight is 230 g/mol. The summed E-state index contributed by atoms with van der Waals surface area (Å²) in [7, 11) is 0. The van der Waals surface area contributed by atoms with Crippen LogP contribution < -0.4 is 0 Å². The summed E-state index contributed by atoms with van der Waals surface area (Å²) in [5.74, 6) is 2.27. The minimum atomic E-state index is -0.290. The monoisotopic (exact) mass is 230 g/mol. The molecule has 1 rings (SSSR count). The van der Waals surface area contributed by atoms with Crippen molar-refractivity contribution < 1.29 is 9.53 Å². The molecule has 17 heavy (non-hydrogen) atoms. The fourth-order valence-corrected chi connectivity index (χ4v) is 1.56. The number of benzene rings is 1. The van der Waals surface area contributed by atoms with Crippen LogP contribution in [0.3, 0.4) is 0 Å². The van der Waals surface area contributed by atoms with E-state index in [2.05, 4.69) is 12.8 Å². The lowest BCUT2D eigenvalue weighted by molar-refractivity contribution is 0.0289. The van der Waals surface area contributed by atoms with Gasteiger partial charge in [-0.25, -0.2) is 4.79 Å². The largest absolute Gasteiger partial charge is 0.458 e. The molecule has 1 unspecified atom stereocenters. The van der Waals surface area contributed by atoms with Crippen molar-refractivity contribution in [3.63, 3.8) is 0 Å². The summed E-state index contributed by atoms with van der Waals surface area (Å²) in [6.07, 6.45) is 8.53. The van der Waals surface area contributed by atoms with Crippen molar-refractivity contribution in [2.45, 2.75) is 38.7 Å². The summed E-state index contributed by atoms with van der Waals surface area (Å²) >= 11 is 0. The number of hydrogen-bond donors (Lipinski definition) is 0. The van der Waals surface area contributed by atoms with E-state index in [9.17, 15) is 4.79 Å². The number of esters is 1. The molecule has 0 aromatic heterocycles. The number of carbonyl (C=O) groups excluding carboxylic acids is 1. The Morgan fingerprint density at radius 3 is 2.71 bits per heavy atom. The topological polar surface area (TPSA) is 26.3 Å². The van der Waals surface area contributed by atoms with E-state index in [-0.39, 0.29) is 12.1 Å². The second-order valence-electron chi connectivity index (χ2n) is 3.94. The summed E-state index contributed by atoms with van der Waals surface area (Å²) in [5, 5.41) is 0. The van der Waals surface area contributed by atoms with Crippen LogP contribution in [-0.2, 0) is 4.74 Å². The molecule has 0 saturated carbocycles. The van der Waals surface area contributed by atoms with Gasteiger partial charge in [-0.15, -0.1) is 12.3 Å². The number of carbonyl (C=O) groups is 1. The second-order valence-corrected chi connectivity index (χ2v) is 3.94. The third-order valence-corrected chi connectivity index (χ3v) is 2.51. The summed E-state index contributed by atoms with van der Waals surface area (Å²) in [5.41, 5.74) is 0.575. The van der Waals surface area contributed by atoms with Gasteiger partial charge in [0, 0.05) is 6.42 Å². The van der Waals surface area contributed by atoms with Gasteiger partial charge in [0.05, 0.1) is 5.56 Å². The highest BCUT2D eigenvalue weighted by atomic mass is 16.5. The smallest absolute Gasteiger partial charge is 0.338 e. The molecule has 0 saturated heterocycles. The van der Waals surface area contributed by atoms with E-state index >= 15 is 0 Å². The van der Waals surface area contributed by atoms with Crippen LogP contribution in [0.15, 0.2) is 30.3 Å². The maximum absolute atomic E-state index is 11.8. The predicted molar refractivity (Wildman–Crippen MR) is 68.6 cm³/mol. The van der Waals surface area contributed by atoms with Gasteiger partial charge in [-0.3, -0.25) is 0 Å². The minimum Gasteiger partial charge on any atom is -0.458 e. The van der Waals surface area contributed by atoms with Gasteiger partial charge in [-0.05, 0) is 18.6 Å². The Hall–Kier alpha value is -1.75. The highest BCUT2D eigenvalue weighted by Crippen LogP contribution is 2.11. The third-order valence-electron chi connectivity index (χ3n) is 2.51. The van der Waals surface area contributed by atoms with Gasteiger partial charge < -0.3 is 4.74 Å². The third kappa shape index (κ3) is 4.74. The van der Waals surface area contributed by atoms with E-state index in [0.29, 0.717) is 12.0 Å². The van der Waals surface area contributed by atoms with Gasteiger partial charge in [0.15, 0.2) is 0 Å². The molecule has 0 spiro atoms. The fraction of sp³-hybridized carbons (Fsp3) is 0.400. The minimum absolute atomic E-state index is 0.160. The van der Waals surface area contributed by atoms with Crippen molar-refractivity contribution in [3.05, 3.63) is 35.9 Å². The zero-order valence-electron chi connectivity index (χ0n) is 10.2. The van der Waals surface area contributed by atoms with Crippen molar-refractivity contribution in [1.29, 1.82) is 0 Å². The molecule has 0 aliphatic rings. The van der Waals surface area contributed by atoms with Crippen LogP contribution in [0.25, 0.3) is 0 Å². The highest BCUT2D eigenvalue weighted by molar-refractivity contribution is 5.89. The normalized spacial score (nSPS) is 11.5. The summed E-state index contributed by atoms with van der Waals surface area (Å²) in [4.78, 5) is 11.8. The second kappa shape index (κ2) is 7.51. The fourth-order valence-electron chi connectivity index (χ4n) is 1.56. The van der Waals surface area contributed by atoms with Crippen molar-refractivity contribution in [1.82, 2.24) is 0 Å². The van der Waals surface area contributed by atoms with Crippen LogP contribution in [0.4, 0.5) is 0 Å². The molecule has 0 radical (unpaired) electrons. The summed E-state index contributed by atoms with van der Waals surface area (Å²) in [6.45, 7) is 2.10. The lowest BCUT2D eigenvalue weighted by atomic mass is 10.1. The maximum atomic E-state index is 11.8. The van der Waals surface area contributed by atoms with Gasteiger partial charge in [-0.2, -0.15) is 0 Å². The molecule has 0 amide bonds. The average Bonchev–Trinajstić information content (AvgIpc) is 2.37. The Balaban J connectivity index is 2.55. The van der Waals surface area contributed by atoms with E-state index in [4.69, 9.17) is 11.2 Å². The first-order valence-electron chi connectivity index (χ1n) is 5.97. The van der Waals surface area contributed by atoms with Gasteiger partial charge in [-0.1, -0.05) is 38.0 Å². The number of hydrogen-bond acceptors (Lipinski definition) is 2. The molecule has 2 heteroatoms. The Morgan fingerprint density at radius 1 is 1.41 bits per heavy atom. The van der Waals surface area contributed by atoms with Crippen molar-refractivity contribution >= 4 is 5.97 Å². The Labute approximate surface area is 103 Å². The quantitative estimate of drug-likeness (QED) is 0.553. The van der Waals surface area contributed by atoms with E-state index in [1.807, 2.05) is 18.2 Å². The molecule has 0 bridgehead atoms. The van der Waals surface area contributed by atoms with E-state index in [0.717, 1.165) is 19.3 Å². The zero-order valence-corrected chi connectivity index (χ0v) is 10.2. The Bertz CT molecular complexity index is 376.